The highest BCUT2D eigenvalue weighted by Gasteiger charge is 2.52. The minimum atomic E-state index is -2.03. The smallest absolute Gasteiger partial charge is 0.303 e. The van der Waals surface area contributed by atoms with Crippen LogP contribution in [0.3, 0.4) is 0 Å². The number of esters is 3. The molecular weight excluding hydrogens is 471 g/mol. The number of benzene rings is 1. The second-order valence-electron chi connectivity index (χ2n) is 6.35. The lowest BCUT2D eigenvalue weighted by atomic mass is 9.99. The summed E-state index contributed by atoms with van der Waals surface area (Å²) in [5.41, 5.74) is 0. The number of methoxy groups -OCH3 is 1. The van der Waals surface area contributed by atoms with Gasteiger partial charge in [-0.25, -0.2) is 4.39 Å². The number of alkyl halides is 1. The summed E-state index contributed by atoms with van der Waals surface area (Å²) in [5, 5.41) is 0. The fourth-order valence-corrected chi connectivity index (χ4v) is 3.16. The SMILES string of the molecule is COc1cc(Br)ccc1O[C@H]1O[C@H](COC(C)=O)[C@@H](OC(C)=O)[C@H](OC(C)=O)[C@@H]1F. The van der Waals surface area contributed by atoms with Crippen molar-refractivity contribution in [2.24, 2.45) is 0 Å². The van der Waals surface area contributed by atoms with Gasteiger partial charge >= 0.3 is 17.9 Å². The largest absolute Gasteiger partial charge is 0.493 e. The van der Waals surface area contributed by atoms with Crippen LogP contribution in [0.2, 0.25) is 0 Å². The Morgan fingerprint density at radius 2 is 1.67 bits per heavy atom. The van der Waals surface area contributed by atoms with Crippen LogP contribution in [0.4, 0.5) is 4.39 Å². The molecule has 0 N–H and O–H groups in total. The van der Waals surface area contributed by atoms with Gasteiger partial charge in [0.1, 0.15) is 12.7 Å². The van der Waals surface area contributed by atoms with E-state index in [0.29, 0.717) is 10.2 Å². The number of rotatable bonds is 7. The van der Waals surface area contributed by atoms with Gasteiger partial charge in [0.25, 0.3) is 0 Å². The van der Waals surface area contributed by atoms with Gasteiger partial charge in [-0.2, -0.15) is 0 Å². The third-order valence-electron chi connectivity index (χ3n) is 4.00. The van der Waals surface area contributed by atoms with E-state index >= 15 is 4.39 Å². The molecule has 0 spiro atoms. The zero-order valence-electron chi connectivity index (χ0n) is 16.8. The van der Waals surface area contributed by atoms with Crippen LogP contribution in [-0.2, 0) is 33.3 Å². The molecule has 1 aromatic carbocycles. The van der Waals surface area contributed by atoms with Crippen LogP contribution < -0.4 is 9.47 Å². The second-order valence-corrected chi connectivity index (χ2v) is 7.27. The molecule has 0 radical (unpaired) electrons. The summed E-state index contributed by atoms with van der Waals surface area (Å²) in [6, 6.07) is 4.78. The molecule has 1 heterocycles. The number of ether oxygens (including phenoxy) is 6. The minimum Gasteiger partial charge on any atom is -0.493 e. The number of halogens is 2. The van der Waals surface area contributed by atoms with Gasteiger partial charge in [0, 0.05) is 25.2 Å². The maximum absolute atomic E-state index is 15.3. The molecule has 5 atom stereocenters. The molecule has 1 aliphatic rings. The standard InChI is InChI=1S/C19H22BrFO9/c1-9(22)26-8-15-17(27-10(2)23)18(28-11(3)24)16(21)19(30-15)29-13-6-5-12(20)7-14(13)25-4/h5-7,15-19H,8H2,1-4H3/t15-,16+,17-,18-,19+/m1/s1. The highest BCUT2D eigenvalue weighted by molar-refractivity contribution is 9.10. The first-order valence-electron chi connectivity index (χ1n) is 8.90. The number of carbonyl (C=O) groups excluding carboxylic acids is 3. The first-order valence-corrected chi connectivity index (χ1v) is 9.69. The minimum absolute atomic E-state index is 0.159. The monoisotopic (exact) mass is 492 g/mol. The Morgan fingerprint density at radius 1 is 1.03 bits per heavy atom. The van der Waals surface area contributed by atoms with Crippen molar-refractivity contribution in [3.63, 3.8) is 0 Å². The fraction of sp³-hybridized carbons (Fsp3) is 0.526. The van der Waals surface area contributed by atoms with Crippen LogP contribution in [0.1, 0.15) is 20.8 Å². The number of hydrogen-bond donors (Lipinski definition) is 0. The predicted octanol–water partition coefficient (Wildman–Crippen LogP) is 2.33. The van der Waals surface area contributed by atoms with Gasteiger partial charge in [-0.3, -0.25) is 14.4 Å². The molecule has 30 heavy (non-hydrogen) atoms. The molecule has 2 rings (SSSR count). The van der Waals surface area contributed by atoms with Crippen LogP contribution in [0.5, 0.6) is 11.5 Å². The van der Waals surface area contributed by atoms with Crippen molar-refractivity contribution < 1.29 is 47.2 Å². The lowest BCUT2D eigenvalue weighted by molar-refractivity contribution is -0.271. The molecule has 1 saturated heterocycles. The average molecular weight is 493 g/mol. The molecule has 1 fully saturated rings. The zero-order valence-corrected chi connectivity index (χ0v) is 18.3. The third-order valence-corrected chi connectivity index (χ3v) is 4.49. The van der Waals surface area contributed by atoms with E-state index in [9.17, 15) is 14.4 Å². The third kappa shape index (κ3) is 6.30. The van der Waals surface area contributed by atoms with Crippen molar-refractivity contribution in [3.05, 3.63) is 22.7 Å². The molecule has 0 bridgehead atoms. The summed E-state index contributed by atoms with van der Waals surface area (Å²) < 4.78 is 47.5. The first-order chi connectivity index (χ1) is 14.1. The Balaban J connectivity index is 2.35. The van der Waals surface area contributed by atoms with Crippen molar-refractivity contribution >= 4 is 33.8 Å². The van der Waals surface area contributed by atoms with Gasteiger partial charge in [-0.1, -0.05) is 15.9 Å². The second kappa shape index (κ2) is 10.6. The molecule has 0 aliphatic carbocycles. The maximum atomic E-state index is 15.3. The summed E-state index contributed by atoms with van der Waals surface area (Å²) in [6.45, 7) is 2.99. The fourth-order valence-electron chi connectivity index (χ4n) is 2.82. The van der Waals surface area contributed by atoms with E-state index in [4.69, 9.17) is 28.4 Å². The number of hydrogen-bond acceptors (Lipinski definition) is 9. The molecule has 1 aromatic rings. The lowest BCUT2D eigenvalue weighted by Gasteiger charge is -2.41. The Labute approximate surface area is 180 Å². The van der Waals surface area contributed by atoms with Gasteiger partial charge in [0.05, 0.1) is 7.11 Å². The van der Waals surface area contributed by atoms with Crippen molar-refractivity contribution in [2.75, 3.05) is 13.7 Å². The summed E-state index contributed by atoms with van der Waals surface area (Å²) in [5.74, 6) is -1.73. The van der Waals surface area contributed by atoms with Crippen LogP contribution in [0.25, 0.3) is 0 Å². The van der Waals surface area contributed by atoms with E-state index < -0.39 is 48.7 Å². The van der Waals surface area contributed by atoms with Crippen molar-refractivity contribution in [3.8, 4) is 11.5 Å². The van der Waals surface area contributed by atoms with Gasteiger partial charge in [-0.15, -0.1) is 0 Å². The predicted molar refractivity (Wildman–Crippen MR) is 103 cm³/mol. The topological polar surface area (TPSA) is 107 Å². The van der Waals surface area contributed by atoms with Gasteiger partial charge in [-0.05, 0) is 18.2 Å². The molecule has 11 heteroatoms. The Bertz CT molecular complexity index is 787. The Kier molecular flexibility index (Phi) is 8.42. The van der Waals surface area contributed by atoms with Crippen molar-refractivity contribution in [1.29, 1.82) is 0 Å². The molecule has 9 nitrogen and oxygen atoms in total. The van der Waals surface area contributed by atoms with Crippen molar-refractivity contribution in [1.82, 2.24) is 0 Å². The maximum Gasteiger partial charge on any atom is 0.303 e. The van der Waals surface area contributed by atoms with E-state index in [1.165, 1.54) is 20.1 Å². The van der Waals surface area contributed by atoms with Crippen LogP contribution in [0.15, 0.2) is 22.7 Å². The van der Waals surface area contributed by atoms with E-state index in [1.54, 1.807) is 12.1 Å². The summed E-state index contributed by atoms with van der Waals surface area (Å²) in [7, 11) is 1.41. The quantitative estimate of drug-likeness (QED) is 0.418. The van der Waals surface area contributed by atoms with Crippen LogP contribution >= 0.6 is 15.9 Å². The van der Waals surface area contributed by atoms with E-state index in [2.05, 4.69) is 15.9 Å². The molecular formula is C19H22BrFO9. The lowest BCUT2D eigenvalue weighted by Crippen LogP contribution is -2.61. The Hall–Kier alpha value is -2.40. The first kappa shape index (κ1) is 23.9. The molecule has 0 unspecified atom stereocenters. The molecule has 0 aromatic heterocycles. The zero-order chi connectivity index (χ0) is 22.4. The summed E-state index contributed by atoms with van der Waals surface area (Å²) in [4.78, 5) is 34.3. The van der Waals surface area contributed by atoms with Gasteiger partial charge < -0.3 is 28.4 Å². The van der Waals surface area contributed by atoms with Crippen LogP contribution in [-0.4, -0.2) is 62.4 Å². The molecule has 0 amide bonds. The van der Waals surface area contributed by atoms with Gasteiger partial charge in [0.15, 0.2) is 23.7 Å². The van der Waals surface area contributed by atoms with E-state index in [0.717, 1.165) is 13.8 Å². The summed E-state index contributed by atoms with van der Waals surface area (Å²) >= 11 is 3.29. The Morgan fingerprint density at radius 3 is 2.23 bits per heavy atom. The van der Waals surface area contributed by atoms with Crippen molar-refractivity contribution in [2.45, 2.75) is 51.5 Å². The number of carbonyl (C=O) groups is 3. The van der Waals surface area contributed by atoms with E-state index in [-0.39, 0.29) is 12.4 Å². The van der Waals surface area contributed by atoms with Crippen LogP contribution in [0, 0.1) is 0 Å². The normalized spacial score (nSPS) is 25.7. The molecule has 0 saturated carbocycles. The average Bonchev–Trinajstić information content (AvgIpc) is 2.66. The highest BCUT2D eigenvalue weighted by Crippen LogP contribution is 2.35. The molecule has 1 aliphatic heterocycles. The summed E-state index contributed by atoms with van der Waals surface area (Å²) in [6.07, 6.45) is -7.66. The van der Waals surface area contributed by atoms with E-state index in [1.807, 2.05) is 0 Å². The molecule has 166 valence electrons. The van der Waals surface area contributed by atoms with Gasteiger partial charge in [0.2, 0.25) is 12.5 Å². The highest BCUT2D eigenvalue weighted by atomic mass is 79.9.